The number of aryl methyl sites for hydroxylation is 1. The fourth-order valence-corrected chi connectivity index (χ4v) is 1.72. The SMILES string of the molecule is Cn1nccc1NC(=O)c1ccc2c(c1)OCO2. The number of nitrogens with zero attached hydrogens (tertiary/aromatic N) is 2. The number of rotatable bonds is 2. The van der Waals surface area contributed by atoms with Gasteiger partial charge in [0.05, 0.1) is 6.20 Å². The smallest absolute Gasteiger partial charge is 0.256 e. The van der Waals surface area contributed by atoms with E-state index in [2.05, 4.69) is 10.4 Å². The van der Waals surface area contributed by atoms with Crippen molar-refractivity contribution >= 4 is 11.7 Å². The minimum Gasteiger partial charge on any atom is -0.454 e. The van der Waals surface area contributed by atoms with Crippen LogP contribution >= 0.6 is 0 Å². The van der Waals surface area contributed by atoms with E-state index in [4.69, 9.17) is 9.47 Å². The predicted octanol–water partition coefficient (Wildman–Crippen LogP) is 1.40. The molecule has 2 aromatic rings. The van der Waals surface area contributed by atoms with Crippen LogP contribution in [-0.4, -0.2) is 22.5 Å². The predicted molar refractivity (Wildman–Crippen MR) is 63.7 cm³/mol. The van der Waals surface area contributed by atoms with Crippen molar-refractivity contribution in [1.29, 1.82) is 0 Å². The second-order valence-electron chi connectivity index (χ2n) is 3.86. The van der Waals surface area contributed by atoms with E-state index in [9.17, 15) is 4.79 Å². The number of hydrogen-bond donors (Lipinski definition) is 1. The molecule has 6 nitrogen and oxygen atoms in total. The number of amides is 1. The molecule has 0 fully saturated rings. The molecule has 0 saturated carbocycles. The van der Waals surface area contributed by atoms with Crippen LogP contribution in [0.3, 0.4) is 0 Å². The highest BCUT2D eigenvalue weighted by Crippen LogP contribution is 2.32. The van der Waals surface area contributed by atoms with Gasteiger partial charge in [0.15, 0.2) is 11.5 Å². The van der Waals surface area contributed by atoms with Gasteiger partial charge in [0.1, 0.15) is 5.82 Å². The Balaban J connectivity index is 1.83. The second-order valence-corrected chi connectivity index (χ2v) is 3.86. The molecule has 92 valence electrons. The lowest BCUT2D eigenvalue weighted by Crippen LogP contribution is -2.14. The third kappa shape index (κ3) is 1.77. The minimum absolute atomic E-state index is 0.197. The molecule has 1 aliphatic heterocycles. The summed E-state index contributed by atoms with van der Waals surface area (Å²) in [4.78, 5) is 12.0. The third-order valence-corrected chi connectivity index (χ3v) is 2.70. The molecule has 1 amide bonds. The Labute approximate surface area is 103 Å². The van der Waals surface area contributed by atoms with E-state index >= 15 is 0 Å². The lowest BCUT2D eigenvalue weighted by molar-refractivity contribution is 0.102. The van der Waals surface area contributed by atoms with E-state index in [0.717, 1.165) is 0 Å². The van der Waals surface area contributed by atoms with Crippen molar-refractivity contribution in [2.45, 2.75) is 0 Å². The second kappa shape index (κ2) is 4.06. The van der Waals surface area contributed by atoms with Crippen molar-refractivity contribution in [1.82, 2.24) is 9.78 Å². The van der Waals surface area contributed by atoms with Crippen LogP contribution in [0.15, 0.2) is 30.5 Å². The molecule has 6 heteroatoms. The minimum atomic E-state index is -0.211. The molecule has 0 aliphatic carbocycles. The molecule has 0 unspecified atom stereocenters. The molecular weight excluding hydrogens is 234 g/mol. The number of aromatic nitrogens is 2. The molecule has 0 atom stereocenters. The van der Waals surface area contributed by atoms with E-state index in [1.165, 1.54) is 0 Å². The highest BCUT2D eigenvalue weighted by atomic mass is 16.7. The summed E-state index contributed by atoms with van der Waals surface area (Å²) in [7, 11) is 1.76. The zero-order chi connectivity index (χ0) is 12.5. The highest BCUT2D eigenvalue weighted by Gasteiger charge is 2.16. The molecule has 0 spiro atoms. The number of fused-ring (bicyclic) bond motifs is 1. The quantitative estimate of drug-likeness (QED) is 0.868. The summed E-state index contributed by atoms with van der Waals surface area (Å²) in [5.41, 5.74) is 0.514. The highest BCUT2D eigenvalue weighted by molar-refractivity contribution is 6.04. The maximum Gasteiger partial charge on any atom is 0.256 e. The number of hydrogen-bond acceptors (Lipinski definition) is 4. The molecule has 1 aliphatic rings. The van der Waals surface area contributed by atoms with Gasteiger partial charge < -0.3 is 14.8 Å². The van der Waals surface area contributed by atoms with Crippen molar-refractivity contribution in [3.05, 3.63) is 36.0 Å². The van der Waals surface area contributed by atoms with Crippen molar-refractivity contribution in [3.8, 4) is 11.5 Å². The number of carbonyl (C=O) groups excluding carboxylic acids is 1. The Morgan fingerprint density at radius 3 is 2.94 bits per heavy atom. The first-order valence-corrected chi connectivity index (χ1v) is 5.43. The van der Waals surface area contributed by atoms with E-state index in [1.54, 1.807) is 42.2 Å². The first kappa shape index (κ1) is 10.6. The summed E-state index contributed by atoms with van der Waals surface area (Å²) in [6.45, 7) is 0.197. The Bertz CT molecular complexity index is 606. The van der Waals surface area contributed by atoms with Crippen LogP contribution in [-0.2, 0) is 7.05 Å². The van der Waals surface area contributed by atoms with E-state index in [0.29, 0.717) is 22.9 Å². The average Bonchev–Trinajstić information content (AvgIpc) is 2.98. The van der Waals surface area contributed by atoms with Crippen LogP contribution in [0.1, 0.15) is 10.4 Å². The van der Waals surface area contributed by atoms with Gasteiger partial charge in [-0.1, -0.05) is 0 Å². The van der Waals surface area contributed by atoms with Gasteiger partial charge in [-0.15, -0.1) is 0 Å². The number of carbonyl (C=O) groups is 1. The first-order chi connectivity index (χ1) is 8.74. The third-order valence-electron chi connectivity index (χ3n) is 2.70. The lowest BCUT2D eigenvalue weighted by Gasteiger charge is -2.05. The molecule has 1 aromatic carbocycles. The van der Waals surface area contributed by atoms with Gasteiger partial charge in [0.2, 0.25) is 6.79 Å². The summed E-state index contributed by atoms with van der Waals surface area (Å²) in [5, 5.41) is 6.74. The van der Waals surface area contributed by atoms with Crippen LogP contribution in [0.2, 0.25) is 0 Å². The van der Waals surface area contributed by atoms with Crippen molar-refractivity contribution < 1.29 is 14.3 Å². The Kier molecular flexibility index (Phi) is 2.40. The summed E-state index contributed by atoms with van der Waals surface area (Å²) < 4.78 is 12.0. The molecule has 0 radical (unpaired) electrons. The zero-order valence-electron chi connectivity index (χ0n) is 9.71. The maximum atomic E-state index is 12.0. The molecule has 3 rings (SSSR count). The first-order valence-electron chi connectivity index (χ1n) is 5.43. The van der Waals surface area contributed by atoms with Gasteiger partial charge in [-0.3, -0.25) is 9.48 Å². The van der Waals surface area contributed by atoms with Gasteiger partial charge in [-0.2, -0.15) is 5.10 Å². The average molecular weight is 245 g/mol. The van der Waals surface area contributed by atoms with Crippen LogP contribution in [0, 0.1) is 0 Å². The van der Waals surface area contributed by atoms with Gasteiger partial charge >= 0.3 is 0 Å². The Morgan fingerprint density at radius 2 is 2.17 bits per heavy atom. The van der Waals surface area contributed by atoms with E-state index in [1.807, 2.05) is 0 Å². The standard InChI is InChI=1S/C12H11N3O3/c1-15-11(4-5-13-15)14-12(16)8-2-3-9-10(6-8)18-7-17-9/h2-6H,7H2,1H3,(H,14,16). The van der Waals surface area contributed by atoms with Crippen molar-refractivity contribution in [3.63, 3.8) is 0 Å². The fraction of sp³-hybridized carbons (Fsp3) is 0.167. The maximum absolute atomic E-state index is 12.0. The molecule has 2 heterocycles. The normalized spacial score (nSPS) is 12.5. The van der Waals surface area contributed by atoms with Crippen LogP contribution in [0.5, 0.6) is 11.5 Å². The molecule has 1 aromatic heterocycles. The largest absolute Gasteiger partial charge is 0.454 e. The van der Waals surface area contributed by atoms with Gasteiger partial charge in [0.25, 0.3) is 5.91 Å². The van der Waals surface area contributed by atoms with Crippen LogP contribution in [0.4, 0.5) is 5.82 Å². The summed E-state index contributed by atoms with van der Waals surface area (Å²) in [6, 6.07) is 6.80. The van der Waals surface area contributed by atoms with Gasteiger partial charge in [-0.05, 0) is 18.2 Å². The Hall–Kier alpha value is -2.50. The summed E-state index contributed by atoms with van der Waals surface area (Å²) in [6.07, 6.45) is 1.62. The molecule has 0 saturated heterocycles. The zero-order valence-corrected chi connectivity index (χ0v) is 9.71. The number of anilines is 1. The fourth-order valence-electron chi connectivity index (χ4n) is 1.72. The number of nitrogens with one attached hydrogen (secondary N) is 1. The number of benzene rings is 1. The Morgan fingerprint density at radius 1 is 1.33 bits per heavy atom. The topological polar surface area (TPSA) is 65.4 Å². The van der Waals surface area contributed by atoms with E-state index in [-0.39, 0.29) is 12.7 Å². The van der Waals surface area contributed by atoms with Gasteiger partial charge in [0, 0.05) is 18.7 Å². The molecule has 18 heavy (non-hydrogen) atoms. The lowest BCUT2D eigenvalue weighted by atomic mass is 10.2. The molecular formula is C12H11N3O3. The summed E-state index contributed by atoms with van der Waals surface area (Å²) in [5.74, 6) is 1.68. The monoisotopic (exact) mass is 245 g/mol. The van der Waals surface area contributed by atoms with Crippen LogP contribution < -0.4 is 14.8 Å². The van der Waals surface area contributed by atoms with Crippen molar-refractivity contribution in [2.24, 2.45) is 7.05 Å². The van der Waals surface area contributed by atoms with Gasteiger partial charge in [-0.25, -0.2) is 0 Å². The molecule has 1 N–H and O–H groups in total. The van der Waals surface area contributed by atoms with E-state index < -0.39 is 0 Å². The van der Waals surface area contributed by atoms with Crippen molar-refractivity contribution in [2.75, 3.05) is 12.1 Å². The van der Waals surface area contributed by atoms with Crippen LogP contribution in [0.25, 0.3) is 0 Å². The summed E-state index contributed by atoms with van der Waals surface area (Å²) >= 11 is 0. The number of ether oxygens (including phenoxy) is 2. The molecule has 0 bridgehead atoms.